The molecule has 114 valence electrons. The van der Waals surface area contributed by atoms with E-state index in [9.17, 15) is 5.11 Å². The number of aliphatic hydroxyl groups excluding tert-OH is 1. The summed E-state index contributed by atoms with van der Waals surface area (Å²) in [6.07, 6.45) is 1.38. The minimum absolute atomic E-state index is 0.333. The van der Waals surface area contributed by atoms with E-state index in [0.29, 0.717) is 19.2 Å². The van der Waals surface area contributed by atoms with Crippen LogP contribution in [0.2, 0.25) is 0 Å². The van der Waals surface area contributed by atoms with Crippen molar-refractivity contribution in [1.82, 2.24) is 10.3 Å². The van der Waals surface area contributed by atoms with Crippen LogP contribution in [0.3, 0.4) is 0 Å². The molecule has 0 bridgehead atoms. The first-order chi connectivity index (χ1) is 9.43. The third kappa shape index (κ3) is 5.45. The average molecular weight is 281 g/mol. The SMILES string of the molecule is COCC(O)CN(C)c1ncc(CNC(C)C)cc1C. The number of pyridine rings is 1. The van der Waals surface area contributed by atoms with Gasteiger partial charge in [-0.3, -0.25) is 0 Å². The molecule has 0 aliphatic heterocycles. The Morgan fingerprint density at radius 3 is 2.70 bits per heavy atom. The van der Waals surface area contributed by atoms with Crippen LogP contribution in [0.4, 0.5) is 5.82 Å². The Balaban J connectivity index is 2.67. The summed E-state index contributed by atoms with van der Waals surface area (Å²) in [5.74, 6) is 0.897. The molecule has 1 rings (SSSR count). The summed E-state index contributed by atoms with van der Waals surface area (Å²) in [5.41, 5.74) is 2.28. The van der Waals surface area contributed by atoms with E-state index in [0.717, 1.165) is 17.9 Å². The van der Waals surface area contributed by atoms with E-state index in [-0.39, 0.29) is 0 Å². The second kappa shape index (κ2) is 8.19. The highest BCUT2D eigenvalue weighted by Crippen LogP contribution is 2.17. The molecule has 0 saturated heterocycles. The molecule has 1 atom stereocenters. The molecule has 0 radical (unpaired) electrons. The summed E-state index contributed by atoms with van der Waals surface area (Å²) in [6.45, 7) is 7.95. The second-order valence-corrected chi connectivity index (χ2v) is 5.51. The number of hydrogen-bond acceptors (Lipinski definition) is 5. The zero-order valence-electron chi connectivity index (χ0n) is 13.2. The summed E-state index contributed by atoms with van der Waals surface area (Å²) < 4.78 is 4.94. The summed E-state index contributed by atoms with van der Waals surface area (Å²) in [4.78, 5) is 6.46. The molecule has 0 aromatic carbocycles. The number of ether oxygens (including phenoxy) is 1. The summed E-state index contributed by atoms with van der Waals surface area (Å²) in [7, 11) is 3.52. The van der Waals surface area contributed by atoms with Crippen molar-refractivity contribution in [3.8, 4) is 0 Å². The van der Waals surface area contributed by atoms with Crippen LogP contribution in [-0.2, 0) is 11.3 Å². The molecular weight excluding hydrogens is 254 g/mol. The molecule has 0 spiro atoms. The van der Waals surface area contributed by atoms with Gasteiger partial charge >= 0.3 is 0 Å². The minimum atomic E-state index is -0.506. The zero-order chi connectivity index (χ0) is 15.1. The maximum absolute atomic E-state index is 9.77. The van der Waals surface area contributed by atoms with E-state index in [1.807, 2.05) is 25.1 Å². The fourth-order valence-corrected chi connectivity index (χ4v) is 2.09. The van der Waals surface area contributed by atoms with Gasteiger partial charge in [0.15, 0.2) is 0 Å². The number of anilines is 1. The van der Waals surface area contributed by atoms with Gasteiger partial charge in [0, 0.05) is 39.5 Å². The number of aryl methyl sites for hydroxylation is 1. The Morgan fingerprint density at radius 2 is 2.15 bits per heavy atom. The minimum Gasteiger partial charge on any atom is -0.389 e. The van der Waals surface area contributed by atoms with Crippen molar-refractivity contribution >= 4 is 5.82 Å². The number of hydrogen-bond donors (Lipinski definition) is 2. The predicted molar refractivity (Wildman–Crippen MR) is 82.1 cm³/mol. The number of aliphatic hydroxyl groups is 1. The summed E-state index contributed by atoms with van der Waals surface area (Å²) in [5, 5.41) is 13.1. The molecular formula is C15H27N3O2. The molecule has 5 heteroatoms. The predicted octanol–water partition coefficient (Wildman–Crippen LogP) is 1.33. The monoisotopic (exact) mass is 281 g/mol. The molecule has 0 aliphatic carbocycles. The first-order valence-corrected chi connectivity index (χ1v) is 7.01. The fourth-order valence-electron chi connectivity index (χ4n) is 2.09. The lowest BCUT2D eigenvalue weighted by Gasteiger charge is -2.23. The van der Waals surface area contributed by atoms with Crippen molar-refractivity contribution in [2.24, 2.45) is 0 Å². The molecule has 20 heavy (non-hydrogen) atoms. The molecule has 0 saturated carbocycles. The lowest BCUT2D eigenvalue weighted by atomic mass is 10.2. The van der Waals surface area contributed by atoms with Gasteiger partial charge in [0.1, 0.15) is 5.82 Å². The van der Waals surface area contributed by atoms with Gasteiger partial charge in [0.05, 0.1) is 12.7 Å². The Morgan fingerprint density at radius 1 is 1.45 bits per heavy atom. The first-order valence-electron chi connectivity index (χ1n) is 7.01. The van der Waals surface area contributed by atoms with Gasteiger partial charge < -0.3 is 20.1 Å². The topological polar surface area (TPSA) is 57.6 Å². The van der Waals surface area contributed by atoms with Crippen molar-refractivity contribution in [1.29, 1.82) is 0 Å². The van der Waals surface area contributed by atoms with Gasteiger partial charge in [-0.05, 0) is 24.1 Å². The molecule has 0 aliphatic rings. The standard InChI is InChI=1S/C15H27N3O2/c1-11(2)16-7-13-6-12(3)15(17-8-13)18(4)9-14(19)10-20-5/h6,8,11,14,16,19H,7,9-10H2,1-5H3. The number of aromatic nitrogens is 1. The highest BCUT2D eigenvalue weighted by atomic mass is 16.5. The third-order valence-corrected chi connectivity index (χ3v) is 3.03. The number of rotatable bonds is 8. The zero-order valence-corrected chi connectivity index (χ0v) is 13.2. The van der Waals surface area contributed by atoms with Gasteiger partial charge in [0.2, 0.25) is 0 Å². The molecule has 5 nitrogen and oxygen atoms in total. The molecule has 1 unspecified atom stereocenters. The van der Waals surface area contributed by atoms with Crippen LogP contribution in [-0.4, -0.2) is 49.5 Å². The molecule has 1 aromatic heterocycles. The maximum atomic E-state index is 9.77. The molecule has 2 N–H and O–H groups in total. The highest BCUT2D eigenvalue weighted by Gasteiger charge is 2.12. The third-order valence-electron chi connectivity index (χ3n) is 3.03. The number of nitrogens with one attached hydrogen (secondary N) is 1. The van der Waals surface area contributed by atoms with Crippen molar-refractivity contribution < 1.29 is 9.84 Å². The van der Waals surface area contributed by atoms with Crippen molar-refractivity contribution in [2.75, 3.05) is 32.2 Å². The fraction of sp³-hybridized carbons (Fsp3) is 0.667. The van der Waals surface area contributed by atoms with Crippen molar-refractivity contribution in [2.45, 2.75) is 39.5 Å². The Hall–Kier alpha value is -1.17. The van der Waals surface area contributed by atoms with Gasteiger partial charge in [-0.2, -0.15) is 0 Å². The normalized spacial score (nSPS) is 12.8. The molecule has 1 aromatic rings. The second-order valence-electron chi connectivity index (χ2n) is 5.51. The quantitative estimate of drug-likeness (QED) is 0.753. The first kappa shape index (κ1) is 16.9. The largest absolute Gasteiger partial charge is 0.389 e. The van der Waals surface area contributed by atoms with Crippen molar-refractivity contribution in [3.05, 3.63) is 23.4 Å². The number of methoxy groups -OCH3 is 1. The molecule has 0 fully saturated rings. The lowest BCUT2D eigenvalue weighted by molar-refractivity contribution is 0.0694. The molecule has 0 amide bonds. The van der Waals surface area contributed by atoms with Gasteiger partial charge in [0.25, 0.3) is 0 Å². The van der Waals surface area contributed by atoms with E-state index >= 15 is 0 Å². The smallest absolute Gasteiger partial charge is 0.131 e. The van der Waals surface area contributed by atoms with Crippen molar-refractivity contribution in [3.63, 3.8) is 0 Å². The van der Waals surface area contributed by atoms with E-state index < -0.39 is 6.10 Å². The van der Waals surface area contributed by atoms with Crippen LogP contribution in [0.5, 0.6) is 0 Å². The Bertz CT molecular complexity index is 410. The maximum Gasteiger partial charge on any atom is 0.131 e. The van der Waals surface area contributed by atoms with E-state index in [1.165, 1.54) is 5.56 Å². The van der Waals surface area contributed by atoms with Crippen LogP contribution < -0.4 is 10.2 Å². The van der Waals surface area contributed by atoms with E-state index in [1.54, 1.807) is 7.11 Å². The number of nitrogens with zero attached hydrogens (tertiary/aromatic N) is 2. The van der Waals surface area contributed by atoms with Crippen LogP contribution >= 0.6 is 0 Å². The average Bonchev–Trinajstić information content (AvgIpc) is 2.36. The van der Waals surface area contributed by atoms with Gasteiger partial charge in [-0.25, -0.2) is 4.98 Å². The number of likely N-dealkylation sites (N-methyl/N-ethyl adjacent to an activating group) is 1. The van der Waals surface area contributed by atoms with Crippen LogP contribution in [0, 0.1) is 6.92 Å². The summed E-state index contributed by atoms with van der Waals surface area (Å²) >= 11 is 0. The van der Waals surface area contributed by atoms with E-state index in [2.05, 4.69) is 30.2 Å². The van der Waals surface area contributed by atoms with Gasteiger partial charge in [-0.15, -0.1) is 0 Å². The lowest BCUT2D eigenvalue weighted by Crippen LogP contribution is -2.32. The Kier molecular flexibility index (Phi) is 6.91. The summed E-state index contributed by atoms with van der Waals surface area (Å²) in [6, 6.07) is 2.60. The highest BCUT2D eigenvalue weighted by molar-refractivity contribution is 5.46. The van der Waals surface area contributed by atoms with Crippen LogP contribution in [0.15, 0.2) is 12.3 Å². The Labute approximate surface area is 122 Å². The van der Waals surface area contributed by atoms with E-state index in [4.69, 9.17) is 4.74 Å². The van der Waals surface area contributed by atoms with Crippen LogP contribution in [0.1, 0.15) is 25.0 Å². The van der Waals surface area contributed by atoms with Crippen LogP contribution in [0.25, 0.3) is 0 Å². The van der Waals surface area contributed by atoms with Gasteiger partial charge in [-0.1, -0.05) is 13.8 Å². The molecule has 1 heterocycles.